The number of methoxy groups -OCH3 is 1. The van der Waals surface area contributed by atoms with Gasteiger partial charge in [0, 0.05) is 6.42 Å². The smallest absolute Gasteiger partial charge is 0.337 e. The molecule has 0 radical (unpaired) electrons. The molecular formula is C16H22O5. The summed E-state index contributed by atoms with van der Waals surface area (Å²) in [6, 6.07) is 6.73. The molecule has 0 aromatic heterocycles. The molecule has 0 saturated carbocycles. The molecule has 0 saturated heterocycles. The van der Waals surface area contributed by atoms with Crippen LogP contribution in [-0.4, -0.2) is 31.3 Å². The van der Waals surface area contributed by atoms with Crippen LogP contribution in [0.3, 0.4) is 0 Å². The molecule has 0 aliphatic carbocycles. The van der Waals surface area contributed by atoms with E-state index in [-0.39, 0.29) is 5.97 Å². The van der Waals surface area contributed by atoms with Crippen LogP contribution in [0.2, 0.25) is 0 Å². The van der Waals surface area contributed by atoms with Gasteiger partial charge in [-0.05, 0) is 45.4 Å². The van der Waals surface area contributed by atoms with Gasteiger partial charge in [0.15, 0.2) is 0 Å². The normalized spacial score (nSPS) is 10.9. The standard InChI is InChI=1S/C16H22O5/c1-16(2,3)21-14(17)9-6-10-20-13-8-5-7-12(11-13)15(18)19-4/h5,7-8,11H,6,9-10H2,1-4H3. The van der Waals surface area contributed by atoms with Crippen LogP contribution in [0.1, 0.15) is 44.0 Å². The van der Waals surface area contributed by atoms with Gasteiger partial charge in [0.1, 0.15) is 11.4 Å². The molecule has 0 spiro atoms. The minimum absolute atomic E-state index is 0.241. The molecule has 0 atom stereocenters. The summed E-state index contributed by atoms with van der Waals surface area (Å²) < 4.78 is 15.3. The van der Waals surface area contributed by atoms with Gasteiger partial charge in [0.2, 0.25) is 0 Å². The lowest BCUT2D eigenvalue weighted by Crippen LogP contribution is -2.23. The second-order valence-corrected chi connectivity index (χ2v) is 5.56. The van der Waals surface area contributed by atoms with E-state index in [4.69, 9.17) is 9.47 Å². The molecule has 5 heteroatoms. The first-order valence-electron chi connectivity index (χ1n) is 6.85. The summed E-state index contributed by atoms with van der Waals surface area (Å²) >= 11 is 0. The number of hydrogen-bond acceptors (Lipinski definition) is 5. The number of esters is 2. The van der Waals surface area contributed by atoms with Crippen molar-refractivity contribution in [2.75, 3.05) is 13.7 Å². The van der Waals surface area contributed by atoms with Crippen molar-refractivity contribution < 1.29 is 23.8 Å². The van der Waals surface area contributed by atoms with E-state index in [0.717, 1.165) is 0 Å². The molecule has 0 heterocycles. The van der Waals surface area contributed by atoms with Gasteiger partial charge in [-0.2, -0.15) is 0 Å². The van der Waals surface area contributed by atoms with Gasteiger partial charge in [0.05, 0.1) is 19.3 Å². The van der Waals surface area contributed by atoms with Gasteiger partial charge < -0.3 is 14.2 Å². The van der Waals surface area contributed by atoms with Crippen LogP contribution in [0.5, 0.6) is 5.75 Å². The van der Waals surface area contributed by atoms with Gasteiger partial charge in [-0.15, -0.1) is 0 Å². The summed E-state index contributed by atoms with van der Waals surface area (Å²) in [4.78, 5) is 22.9. The number of benzene rings is 1. The Labute approximate surface area is 125 Å². The highest BCUT2D eigenvalue weighted by Gasteiger charge is 2.15. The van der Waals surface area contributed by atoms with Crippen LogP contribution >= 0.6 is 0 Å². The first-order chi connectivity index (χ1) is 9.81. The molecule has 0 unspecified atom stereocenters. The maximum absolute atomic E-state index is 11.5. The lowest BCUT2D eigenvalue weighted by molar-refractivity contribution is -0.155. The number of carbonyl (C=O) groups excluding carboxylic acids is 2. The van der Waals surface area contributed by atoms with Crippen LogP contribution in [0.4, 0.5) is 0 Å². The molecule has 21 heavy (non-hydrogen) atoms. The predicted octanol–water partition coefficient (Wildman–Crippen LogP) is 2.97. The van der Waals surface area contributed by atoms with E-state index in [9.17, 15) is 9.59 Å². The lowest BCUT2D eigenvalue weighted by Gasteiger charge is -2.19. The zero-order chi connectivity index (χ0) is 15.9. The van der Waals surface area contributed by atoms with Gasteiger partial charge in [0.25, 0.3) is 0 Å². The molecule has 116 valence electrons. The van der Waals surface area contributed by atoms with Crippen molar-refractivity contribution in [3.63, 3.8) is 0 Å². The first kappa shape index (κ1) is 17.0. The summed E-state index contributed by atoms with van der Waals surface area (Å²) in [5.74, 6) is -0.0781. The third-order valence-electron chi connectivity index (χ3n) is 2.47. The average Bonchev–Trinajstić information content (AvgIpc) is 2.41. The Hall–Kier alpha value is -2.04. The molecular weight excluding hydrogens is 272 g/mol. The van der Waals surface area contributed by atoms with E-state index in [1.54, 1.807) is 24.3 Å². The third kappa shape index (κ3) is 6.79. The molecule has 0 N–H and O–H groups in total. The van der Waals surface area contributed by atoms with Crippen molar-refractivity contribution in [1.82, 2.24) is 0 Å². The Morgan fingerprint density at radius 1 is 1.19 bits per heavy atom. The molecule has 0 fully saturated rings. The summed E-state index contributed by atoms with van der Waals surface area (Å²) in [5.41, 5.74) is -0.0330. The first-order valence-corrected chi connectivity index (χ1v) is 6.85. The largest absolute Gasteiger partial charge is 0.494 e. The van der Waals surface area contributed by atoms with Crippen LogP contribution < -0.4 is 4.74 Å². The molecule has 0 bridgehead atoms. The second-order valence-electron chi connectivity index (χ2n) is 5.56. The van der Waals surface area contributed by atoms with Gasteiger partial charge in [-0.25, -0.2) is 4.79 Å². The molecule has 5 nitrogen and oxygen atoms in total. The van der Waals surface area contributed by atoms with Crippen LogP contribution in [-0.2, 0) is 14.3 Å². The maximum atomic E-state index is 11.5. The summed E-state index contributed by atoms with van der Waals surface area (Å²) in [7, 11) is 1.33. The Balaban J connectivity index is 2.36. The SMILES string of the molecule is COC(=O)c1cccc(OCCCC(=O)OC(C)(C)C)c1. The van der Waals surface area contributed by atoms with Crippen molar-refractivity contribution in [1.29, 1.82) is 0 Å². The van der Waals surface area contributed by atoms with E-state index in [0.29, 0.717) is 30.8 Å². The van der Waals surface area contributed by atoms with E-state index in [2.05, 4.69) is 4.74 Å². The zero-order valence-electron chi connectivity index (χ0n) is 13.0. The Bertz CT molecular complexity index is 488. The number of hydrogen-bond donors (Lipinski definition) is 0. The Morgan fingerprint density at radius 2 is 1.90 bits per heavy atom. The average molecular weight is 294 g/mol. The van der Waals surface area contributed by atoms with Crippen LogP contribution in [0, 0.1) is 0 Å². The van der Waals surface area contributed by atoms with E-state index in [1.807, 2.05) is 20.8 Å². The van der Waals surface area contributed by atoms with Crippen molar-refractivity contribution >= 4 is 11.9 Å². The number of carbonyl (C=O) groups is 2. The van der Waals surface area contributed by atoms with Crippen molar-refractivity contribution in [3.8, 4) is 5.75 Å². The number of rotatable bonds is 6. The maximum Gasteiger partial charge on any atom is 0.337 e. The van der Waals surface area contributed by atoms with E-state index >= 15 is 0 Å². The third-order valence-corrected chi connectivity index (χ3v) is 2.47. The predicted molar refractivity (Wildman–Crippen MR) is 78.4 cm³/mol. The molecule has 1 aromatic rings. The van der Waals surface area contributed by atoms with Gasteiger partial charge >= 0.3 is 11.9 Å². The zero-order valence-corrected chi connectivity index (χ0v) is 13.0. The summed E-state index contributed by atoms with van der Waals surface area (Å²) in [6.45, 7) is 5.88. The molecule has 0 aliphatic heterocycles. The van der Waals surface area contributed by atoms with Gasteiger partial charge in [-0.3, -0.25) is 4.79 Å². The fourth-order valence-electron chi connectivity index (χ4n) is 1.63. The van der Waals surface area contributed by atoms with Crippen molar-refractivity contribution in [2.45, 2.75) is 39.2 Å². The fourth-order valence-corrected chi connectivity index (χ4v) is 1.63. The van der Waals surface area contributed by atoms with Gasteiger partial charge in [-0.1, -0.05) is 6.07 Å². The summed E-state index contributed by atoms with van der Waals surface area (Å²) in [6.07, 6.45) is 0.853. The van der Waals surface area contributed by atoms with E-state index in [1.165, 1.54) is 7.11 Å². The van der Waals surface area contributed by atoms with Crippen molar-refractivity contribution in [3.05, 3.63) is 29.8 Å². The lowest BCUT2D eigenvalue weighted by atomic mass is 10.2. The molecule has 0 aliphatic rings. The van der Waals surface area contributed by atoms with Crippen LogP contribution in [0.15, 0.2) is 24.3 Å². The Morgan fingerprint density at radius 3 is 2.52 bits per heavy atom. The minimum Gasteiger partial charge on any atom is -0.494 e. The molecule has 0 amide bonds. The Kier molecular flexibility index (Phi) is 6.21. The van der Waals surface area contributed by atoms with E-state index < -0.39 is 11.6 Å². The van der Waals surface area contributed by atoms with Crippen molar-refractivity contribution in [2.24, 2.45) is 0 Å². The highest BCUT2D eigenvalue weighted by atomic mass is 16.6. The quantitative estimate of drug-likeness (QED) is 0.596. The topological polar surface area (TPSA) is 61.8 Å². The minimum atomic E-state index is -0.465. The van der Waals surface area contributed by atoms with Crippen LogP contribution in [0.25, 0.3) is 0 Å². The molecule has 1 rings (SSSR count). The monoisotopic (exact) mass is 294 g/mol. The fraction of sp³-hybridized carbons (Fsp3) is 0.500. The molecule has 1 aromatic carbocycles. The highest BCUT2D eigenvalue weighted by Crippen LogP contribution is 2.15. The second kappa shape index (κ2) is 7.67. The summed E-state index contributed by atoms with van der Waals surface area (Å²) in [5, 5.41) is 0. The highest BCUT2D eigenvalue weighted by molar-refractivity contribution is 5.89. The number of ether oxygens (including phenoxy) is 3.